The van der Waals surface area contributed by atoms with Crippen molar-refractivity contribution in [3.05, 3.63) is 70.5 Å². The first-order chi connectivity index (χ1) is 13.0. The van der Waals surface area contributed by atoms with Gasteiger partial charge in [0.15, 0.2) is 5.16 Å². The summed E-state index contributed by atoms with van der Waals surface area (Å²) in [6, 6.07) is 13.7. The van der Waals surface area contributed by atoms with Gasteiger partial charge in [-0.2, -0.15) is 0 Å². The van der Waals surface area contributed by atoms with E-state index in [0.717, 1.165) is 11.3 Å². The number of amides is 1. The van der Waals surface area contributed by atoms with Crippen molar-refractivity contribution in [3.8, 4) is 5.69 Å². The van der Waals surface area contributed by atoms with E-state index in [1.807, 2.05) is 34.9 Å². The Kier molecular flexibility index (Phi) is 6.19. The molecule has 0 bridgehead atoms. The molecule has 0 aliphatic rings. The normalized spacial score (nSPS) is 10.8. The summed E-state index contributed by atoms with van der Waals surface area (Å²) in [6.45, 7) is 4.63. The summed E-state index contributed by atoms with van der Waals surface area (Å²) < 4.78 is 1.90. The van der Waals surface area contributed by atoms with Gasteiger partial charge in [0.25, 0.3) is 0 Å². The quantitative estimate of drug-likeness (QED) is 0.579. The number of nitrogens with zero attached hydrogens (tertiary/aromatic N) is 4. The zero-order chi connectivity index (χ0) is 19.4. The minimum absolute atomic E-state index is 0.00885. The fourth-order valence-electron chi connectivity index (χ4n) is 2.58. The summed E-state index contributed by atoms with van der Waals surface area (Å²) in [5.41, 5.74) is 4.35. The third kappa shape index (κ3) is 4.70. The molecule has 1 amide bonds. The van der Waals surface area contributed by atoms with Crippen LogP contribution in [0.1, 0.15) is 16.7 Å². The van der Waals surface area contributed by atoms with Crippen LogP contribution in [0.15, 0.2) is 53.9 Å². The van der Waals surface area contributed by atoms with Crippen LogP contribution in [-0.2, 0) is 11.3 Å². The predicted molar refractivity (Wildman–Crippen MR) is 109 cm³/mol. The Bertz CT molecular complexity index is 957. The fraction of sp³-hybridized carbons (Fsp3) is 0.250. The number of aryl methyl sites for hydroxylation is 2. The van der Waals surface area contributed by atoms with E-state index in [-0.39, 0.29) is 11.7 Å². The van der Waals surface area contributed by atoms with Crippen molar-refractivity contribution >= 4 is 29.3 Å². The Balaban J connectivity index is 1.65. The molecule has 1 heterocycles. The van der Waals surface area contributed by atoms with Crippen molar-refractivity contribution in [2.24, 2.45) is 0 Å². The van der Waals surface area contributed by atoms with Gasteiger partial charge < -0.3 is 4.90 Å². The summed E-state index contributed by atoms with van der Waals surface area (Å²) in [4.78, 5) is 14.2. The van der Waals surface area contributed by atoms with Crippen LogP contribution in [0.4, 0.5) is 0 Å². The molecule has 1 aromatic heterocycles. The molecule has 2 aromatic carbocycles. The molecule has 0 N–H and O–H groups in total. The Morgan fingerprint density at radius 3 is 2.70 bits per heavy atom. The molecule has 0 radical (unpaired) electrons. The summed E-state index contributed by atoms with van der Waals surface area (Å²) in [5, 5.41) is 9.52. The first kappa shape index (κ1) is 19.5. The van der Waals surface area contributed by atoms with Crippen molar-refractivity contribution < 1.29 is 4.79 Å². The molecule has 0 aliphatic heterocycles. The standard InChI is InChI=1S/C20H21ClN4OS/c1-14-8-9-17(10-15(14)2)25-13-22-23-20(25)27-12-19(26)24(3)11-16-6-4-5-7-18(16)21/h4-10,13H,11-12H2,1-3H3. The molecule has 0 unspecified atom stereocenters. The number of rotatable bonds is 6. The van der Waals surface area contributed by atoms with Crippen molar-refractivity contribution in [3.63, 3.8) is 0 Å². The maximum Gasteiger partial charge on any atom is 0.233 e. The van der Waals surface area contributed by atoms with Gasteiger partial charge in [-0.1, -0.05) is 47.6 Å². The maximum atomic E-state index is 12.5. The van der Waals surface area contributed by atoms with Crippen LogP contribution in [0, 0.1) is 13.8 Å². The lowest BCUT2D eigenvalue weighted by Gasteiger charge is -2.17. The fourth-order valence-corrected chi connectivity index (χ4v) is 3.65. The van der Waals surface area contributed by atoms with Gasteiger partial charge in [-0.15, -0.1) is 10.2 Å². The number of hydrogen-bond acceptors (Lipinski definition) is 4. The Labute approximate surface area is 168 Å². The number of aromatic nitrogens is 3. The summed E-state index contributed by atoms with van der Waals surface area (Å²) in [5.74, 6) is 0.291. The molecule has 0 saturated heterocycles. The minimum atomic E-state index is 0.00885. The lowest BCUT2D eigenvalue weighted by molar-refractivity contribution is -0.127. The summed E-state index contributed by atoms with van der Waals surface area (Å²) in [6.07, 6.45) is 1.67. The summed E-state index contributed by atoms with van der Waals surface area (Å²) >= 11 is 7.55. The average molecular weight is 401 g/mol. The molecule has 27 heavy (non-hydrogen) atoms. The van der Waals surface area contributed by atoms with Crippen LogP contribution in [0.2, 0.25) is 5.02 Å². The first-order valence-corrected chi connectivity index (χ1v) is 9.90. The largest absolute Gasteiger partial charge is 0.341 e. The average Bonchev–Trinajstić information content (AvgIpc) is 3.12. The van der Waals surface area contributed by atoms with E-state index in [2.05, 4.69) is 36.2 Å². The molecule has 3 rings (SSSR count). The van der Waals surface area contributed by atoms with E-state index >= 15 is 0 Å². The molecular formula is C20H21ClN4OS. The molecule has 7 heteroatoms. The highest BCUT2D eigenvalue weighted by Gasteiger charge is 2.14. The number of hydrogen-bond donors (Lipinski definition) is 0. The topological polar surface area (TPSA) is 51.0 Å². The highest BCUT2D eigenvalue weighted by Crippen LogP contribution is 2.22. The zero-order valence-electron chi connectivity index (χ0n) is 15.5. The molecule has 5 nitrogen and oxygen atoms in total. The molecule has 3 aromatic rings. The van der Waals surface area contributed by atoms with Crippen molar-refractivity contribution in [2.45, 2.75) is 25.5 Å². The monoisotopic (exact) mass is 400 g/mol. The molecular weight excluding hydrogens is 380 g/mol. The number of carbonyl (C=O) groups excluding carboxylic acids is 1. The Hall–Kier alpha value is -2.31. The van der Waals surface area contributed by atoms with Gasteiger partial charge in [0, 0.05) is 24.3 Å². The van der Waals surface area contributed by atoms with Gasteiger partial charge in [-0.05, 0) is 48.7 Å². The Morgan fingerprint density at radius 1 is 1.19 bits per heavy atom. The molecule has 0 fully saturated rings. The van der Waals surface area contributed by atoms with Crippen molar-refractivity contribution in [1.29, 1.82) is 0 Å². The van der Waals surface area contributed by atoms with Gasteiger partial charge in [-0.3, -0.25) is 9.36 Å². The maximum absolute atomic E-state index is 12.5. The first-order valence-electron chi connectivity index (χ1n) is 8.53. The second kappa shape index (κ2) is 8.59. The van der Waals surface area contributed by atoms with Crippen LogP contribution >= 0.6 is 23.4 Å². The molecule has 140 valence electrons. The lowest BCUT2D eigenvalue weighted by Crippen LogP contribution is -2.28. The number of carbonyl (C=O) groups is 1. The molecule has 0 atom stereocenters. The lowest BCUT2D eigenvalue weighted by atomic mass is 10.1. The molecule has 0 aliphatic carbocycles. The second-order valence-corrected chi connectivity index (χ2v) is 7.73. The number of thioether (sulfide) groups is 1. The number of halogens is 1. The van der Waals surface area contributed by atoms with E-state index in [0.29, 0.717) is 16.7 Å². The van der Waals surface area contributed by atoms with E-state index in [4.69, 9.17) is 11.6 Å². The highest BCUT2D eigenvalue weighted by atomic mass is 35.5. The Morgan fingerprint density at radius 2 is 1.96 bits per heavy atom. The van der Waals surface area contributed by atoms with E-state index in [1.54, 1.807) is 18.3 Å². The van der Waals surface area contributed by atoms with E-state index in [1.165, 1.54) is 22.9 Å². The third-order valence-corrected chi connectivity index (χ3v) is 5.70. The smallest absolute Gasteiger partial charge is 0.233 e. The van der Waals surface area contributed by atoms with Crippen LogP contribution in [0.3, 0.4) is 0 Å². The molecule has 0 spiro atoms. The van der Waals surface area contributed by atoms with Crippen molar-refractivity contribution in [2.75, 3.05) is 12.8 Å². The highest BCUT2D eigenvalue weighted by molar-refractivity contribution is 7.99. The zero-order valence-corrected chi connectivity index (χ0v) is 17.1. The predicted octanol–water partition coefficient (Wildman–Crippen LogP) is 4.29. The summed E-state index contributed by atoms with van der Waals surface area (Å²) in [7, 11) is 1.78. The van der Waals surface area contributed by atoms with Crippen LogP contribution in [0.5, 0.6) is 0 Å². The van der Waals surface area contributed by atoms with Gasteiger partial charge in [0.05, 0.1) is 5.75 Å². The SMILES string of the molecule is Cc1ccc(-n2cnnc2SCC(=O)N(C)Cc2ccccc2Cl)cc1C. The number of benzene rings is 2. The minimum Gasteiger partial charge on any atom is -0.341 e. The molecule has 0 saturated carbocycles. The van der Waals surface area contributed by atoms with Gasteiger partial charge in [0.2, 0.25) is 5.91 Å². The van der Waals surface area contributed by atoms with Gasteiger partial charge in [-0.25, -0.2) is 0 Å². The second-order valence-electron chi connectivity index (χ2n) is 6.38. The van der Waals surface area contributed by atoms with E-state index in [9.17, 15) is 4.79 Å². The van der Waals surface area contributed by atoms with Crippen LogP contribution in [0.25, 0.3) is 5.69 Å². The van der Waals surface area contributed by atoms with Crippen LogP contribution < -0.4 is 0 Å². The van der Waals surface area contributed by atoms with Crippen molar-refractivity contribution in [1.82, 2.24) is 19.7 Å². The van der Waals surface area contributed by atoms with Gasteiger partial charge in [0.1, 0.15) is 6.33 Å². The van der Waals surface area contributed by atoms with Gasteiger partial charge >= 0.3 is 0 Å². The van der Waals surface area contributed by atoms with E-state index < -0.39 is 0 Å². The third-order valence-electron chi connectivity index (χ3n) is 4.40. The van der Waals surface area contributed by atoms with Crippen LogP contribution in [-0.4, -0.2) is 38.4 Å².